The van der Waals surface area contributed by atoms with Crippen molar-refractivity contribution < 1.29 is 19.4 Å². The van der Waals surface area contributed by atoms with Crippen LogP contribution in [0.15, 0.2) is 52.3 Å². The molecule has 1 aliphatic heterocycles. The van der Waals surface area contributed by atoms with Gasteiger partial charge in [-0.3, -0.25) is 23.7 Å². The lowest BCUT2D eigenvalue weighted by Gasteiger charge is -2.11. The Morgan fingerprint density at radius 1 is 1.31 bits per heavy atom. The fourth-order valence-corrected chi connectivity index (χ4v) is 4.33. The van der Waals surface area contributed by atoms with Crippen LogP contribution in [0.4, 0.5) is 0 Å². The Morgan fingerprint density at radius 2 is 2.09 bits per heavy atom. The number of carbonyl (C=O) groups is 2. The van der Waals surface area contributed by atoms with Gasteiger partial charge >= 0.3 is 5.97 Å². The summed E-state index contributed by atoms with van der Waals surface area (Å²) in [5.74, 6) is -1.40. The zero-order chi connectivity index (χ0) is 23.0. The Bertz CT molecular complexity index is 1390. The molecule has 8 nitrogen and oxygen atoms in total. The average Bonchev–Trinajstić information content (AvgIpc) is 3.00. The van der Waals surface area contributed by atoms with Gasteiger partial charge in [0, 0.05) is 11.2 Å². The van der Waals surface area contributed by atoms with Crippen molar-refractivity contribution in [1.82, 2.24) is 14.3 Å². The average molecular weight is 488 g/mol. The standard InChI is InChI=1S/C21H14ClN3O5S2/c1-11-8-12(5-6-14(11)22)30-18-13(19(28)24-7-3-2-4-16(24)23-18)9-15-20(29)25(10-17(26)27)21(31)32-15/h2-9H,10H2,1H3,(H,26,27)/b15-9+. The highest BCUT2D eigenvalue weighted by Gasteiger charge is 2.34. The Hall–Kier alpha value is -3.21. The topological polar surface area (TPSA) is 101 Å². The smallest absolute Gasteiger partial charge is 0.323 e. The molecule has 0 radical (unpaired) electrons. The molecular weight excluding hydrogens is 474 g/mol. The minimum Gasteiger partial charge on any atom is -0.480 e. The van der Waals surface area contributed by atoms with E-state index in [9.17, 15) is 14.4 Å². The molecule has 1 saturated heterocycles. The number of pyridine rings is 1. The lowest BCUT2D eigenvalue weighted by molar-refractivity contribution is -0.140. The van der Waals surface area contributed by atoms with Crippen molar-refractivity contribution in [2.75, 3.05) is 6.54 Å². The highest BCUT2D eigenvalue weighted by Crippen LogP contribution is 2.34. The predicted octanol–water partition coefficient (Wildman–Crippen LogP) is 3.73. The van der Waals surface area contributed by atoms with Gasteiger partial charge < -0.3 is 9.84 Å². The van der Waals surface area contributed by atoms with Crippen LogP contribution in [0.2, 0.25) is 5.02 Å². The number of carboxylic acid groups (broad SMARTS) is 1. The number of carboxylic acids is 1. The van der Waals surface area contributed by atoms with Crippen LogP contribution >= 0.6 is 35.6 Å². The largest absolute Gasteiger partial charge is 0.480 e. The van der Waals surface area contributed by atoms with Crippen molar-refractivity contribution in [2.45, 2.75) is 6.92 Å². The number of fused-ring (bicyclic) bond motifs is 1. The molecule has 3 aromatic rings. The number of aromatic nitrogens is 2. The van der Waals surface area contributed by atoms with E-state index in [2.05, 4.69) is 4.98 Å². The molecule has 0 bridgehead atoms. The molecule has 32 heavy (non-hydrogen) atoms. The van der Waals surface area contributed by atoms with Gasteiger partial charge in [0.1, 0.15) is 27.8 Å². The van der Waals surface area contributed by atoms with Gasteiger partial charge in [-0.05, 0) is 48.9 Å². The number of benzene rings is 1. The van der Waals surface area contributed by atoms with Crippen molar-refractivity contribution in [3.8, 4) is 11.6 Å². The van der Waals surface area contributed by atoms with Gasteiger partial charge in [-0.15, -0.1) is 0 Å². The SMILES string of the molecule is Cc1cc(Oc2nc3ccccn3c(=O)c2/C=C2/SC(=S)N(CC(=O)O)C2=O)ccc1Cl. The Balaban J connectivity index is 1.84. The van der Waals surface area contributed by atoms with E-state index in [1.54, 1.807) is 42.6 Å². The molecule has 0 unspecified atom stereocenters. The van der Waals surface area contributed by atoms with Gasteiger partial charge in [0.05, 0.1) is 4.91 Å². The second-order valence-corrected chi connectivity index (χ2v) is 8.82. The van der Waals surface area contributed by atoms with Crippen molar-refractivity contribution in [1.29, 1.82) is 0 Å². The lowest BCUT2D eigenvalue weighted by Crippen LogP contribution is -2.33. The molecule has 0 aliphatic carbocycles. The molecule has 0 spiro atoms. The van der Waals surface area contributed by atoms with E-state index in [-0.39, 0.29) is 20.7 Å². The van der Waals surface area contributed by atoms with Crippen molar-refractivity contribution >= 4 is 63.5 Å². The lowest BCUT2D eigenvalue weighted by atomic mass is 10.2. The summed E-state index contributed by atoms with van der Waals surface area (Å²) < 4.78 is 7.32. The first kappa shape index (κ1) is 22.0. The summed E-state index contributed by atoms with van der Waals surface area (Å²) in [6, 6.07) is 10.1. The second-order valence-electron chi connectivity index (χ2n) is 6.74. The zero-order valence-corrected chi connectivity index (χ0v) is 18.8. The number of rotatable bonds is 5. The summed E-state index contributed by atoms with van der Waals surface area (Å²) in [7, 11) is 0. The van der Waals surface area contributed by atoms with Gasteiger partial charge in [-0.25, -0.2) is 0 Å². The highest BCUT2D eigenvalue weighted by atomic mass is 35.5. The molecule has 3 heterocycles. The van der Waals surface area contributed by atoms with Crippen molar-refractivity contribution in [3.63, 3.8) is 0 Å². The number of halogens is 1. The zero-order valence-electron chi connectivity index (χ0n) is 16.4. The summed E-state index contributed by atoms with van der Waals surface area (Å²) in [5, 5.41) is 9.58. The van der Waals surface area contributed by atoms with Crippen LogP contribution in [0.5, 0.6) is 11.6 Å². The van der Waals surface area contributed by atoms with Crippen molar-refractivity contribution in [2.24, 2.45) is 0 Å². The number of thioether (sulfide) groups is 1. The number of nitrogens with zero attached hydrogens (tertiary/aromatic N) is 3. The number of amides is 1. The van der Waals surface area contributed by atoms with E-state index >= 15 is 0 Å². The molecular formula is C21H14ClN3O5S2. The molecule has 1 aromatic carbocycles. The second kappa shape index (κ2) is 8.73. The van der Waals surface area contributed by atoms with E-state index in [0.717, 1.165) is 22.2 Å². The van der Waals surface area contributed by atoms with Crippen LogP contribution in [-0.4, -0.2) is 42.1 Å². The van der Waals surface area contributed by atoms with E-state index in [0.29, 0.717) is 16.4 Å². The number of carbonyl (C=O) groups excluding carboxylic acids is 1. The van der Waals surface area contributed by atoms with Crippen LogP contribution in [0, 0.1) is 6.92 Å². The first-order valence-corrected chi connectivity index (χ1v) is 10.8. The summed E-state index contributed by atoms with van der Waals surface area (Å²) >= 11 is 12.1. The van der Waals surface area contributed by atoms with Gasteiger partial charge in [0.2, 0.25) is 5.88 Å². The van der Waals surface area contributed by atoms with Crippen LogP contribution < -0.4 is 10.3 Å². The maximum absolute atomic E-state index is 13.2. The van der Waals surface area contributed by atoms with E-state index in [1.165, 1.54) is 10.5 Å². The van der Waals surface area contributed by atoms with E-state index in [1.807, 2.05) is 6.92 Å². The minimum absolute atomic E-state index is 0.00794. The summed E-state index contributed by atoms with van der Waals surface area (Å²) in [6.45, 7) is 1.25. The molecule has 1 N–H and O–H groups in total. The molecule has 0 atom stereocenters. The number of ether oxygens (including phenoxy) is 1. The third-order valence-electron chi connectivity index (χ3n) is 4.52. The molecule has 1 amide bonds. The first-order chi connectivity index (χ1) is 15.2. The normalized spacial score (nSPS) is 15.1. The monoisotopic (exact) mass is 487 g/mol. The number of aliphatic carboxylic acids is 1. The Labute approximate surface area is 196 Å². The van der Waals surface area contributed by atoms with Gasteiger partial charge in [0.15, 0.2) is 0 Å². The molecule has 0 saturated carbocycles. The number of aryl methyl sites for hydroxylation is 1. The van der Waals surface area contributed by atoms with Gasteiger partial charge in [-0.2, -0.15) is 4.98 Å². The summed E-state index contributed by atoms with van der Waals surface area (Å²) in [5.41, 5.74) is 0.698. The molecule has 162 valence electrons. The van der Waals surface area contributed by atoms with E-state index < -0.39 is 24.0 Å². The van der Waals surface area contributed by atoms with Gasteiger partial charge in [-0.1, -0.05) is 41.6 Å². The van der Waals surface area contributed by atoms with Crippen LogP contribution in [-0.2, 0) is 9.59 Å². The molecule has 11 heteroatoms. The third-order valence-corrected chi connectivity index (χ3v) is 6.32. The molecule has 1 aliphatic rings. The maximum Gasteiger partial charge on any atom is 0.323 e. The molecule has 4 rings (SSSR count). The fraction of sp³-hybridized carbons (Fsp3) is 0.0952. The minimum atomic E-state index is -1.20. The number of hydrogen-bond donors (Lipinski definition) is 1. The van der Waals surface area contributed by atoms with Crippen LogP contribution in [0.3, 0.4) is 0 Å². The number of hydrogen-bond acceptors (Lipinski definition) is 7. The number of thiocarbonyl (C=S) groups is 1. The summed E-state index contributed by atoms with van der Waals surface area (Å²) in [4.78, 5) is 42.4. The quantitative estimate of drug-likeness (QED) is 0.429. The third kappa shape index (κ3) is 4.24. The molecule has 2 aromatic heterocycles. The maximum atomic E-state index is 13.2. The van der Waals surface area contributed by atoms with Crippen LogP contribution in [0.25, 0.3) is 11.7 Å². The Kier molecular flexibility index (Phi) is 6.00. The summed E-state index contributed by atoms with van der Waals surface area (Å²) in [6.07, 6.45) is 2.88. The fourth-order valence-electron chi connectivity index (χ4n) is 2.98. The predicted molar refractivity (Wildman–Crippen MR) is 125 cm³/mol. The van der Waals surface area contributed by atoms with Gasteiger partial charge in [0.25, 0.3) is 11.5 Å². The van der Waals surface area contributed by atoms with E-state index in [4.69, 9.17) is 33.7 Å². The van der Waals surface area contributed by atoms with Crippen LogP contribution in [0.1, 0.15) is 11.1 Å². The first-order valence-electron chi connectivity index (χ1n) is 9.17. The highest BCUT2D eigenvalue weighted by molar-refractivity contribution is 8.26. The Morgan fingerprint density at radius 3 is 2.81 bits per heavy atom. The van der Waals surface area contributed by atoms with Crippen molar-refractivity contribution in [3.05, 3.63) is 74.0 Å². The molecule has 1 fully saturated rings.